The Bertz CT molecular complexity index is 751. The first-order valence-electron chi connectivity index (χ1n) is 6.57. The molecule has 0 unspecified atom stereocenters. The van der Waals surface area contributed by atoms with Gasteiger partial charge in [-0.25, -0.2) is 4.99 Å². The van der Waals surface area contributed by atoms with Crippen molar-refractivity contribution in [2.45, 2.75) is 15.3 Å². The summed E-state index contributed by atoms with van der Waals surface area (Å²) in [5.41, 5.74) is 2.57. The fraction of sp³-hybridized carbons (Fsp3) is 0.133. The molecule has 0 amide bonds. The molecule has 0 bridgehead atoms. The van der Waals surface area contributed by atoms with Gasteiger partial charge in [-0.2, -0.15) is 13.2 Å². The molecule has 128 valence electrons. The molecule has 0 aromatic heterocycles. The van der Waals surface area contributed by atoms with E-state index in [1.165, 1.54) is 18.2 Å². The van der Waals surface area contributed by atoms with Crippen molar-refractivity contribution in [3.63, 3.8) is 0 Å². The highest BCUT2D eigenvalue weighted by atomic mass is 79.9. The number of guanidine groups is 1. The van der Waals surface area contributed by atoms with Crippen LogP contribution in [0.3, 0.4) is 0 Å². The van der Waals surface area contributed by atoms with Crippen molar-refractivity contribution in [1.82, 2.24) is 0 Å². The molecule has 0 aliphatic heterocycles. The van der Waals surface area contributed by atoms with Crippen LogP contribution in [0.15, 0.2) is 61.7 Å². The second-order valence-electron chi connectivity index (χ2n) is 4.52. The molecule has 0 saturated heterocycles. The zero-order valence-corrected chi connectivity index (χ0v) is 15.6. The second-order valence-corrected chi connectivity index (χ2v) is 7.39. The van der Waals surface area contributed by atoms with E-state index >= 15 is 0 Å². The summed E-state index contributed by atoms with van der Waals surface area (Å²) < 4.78 is 38.0. The summed E-state index contributed by atoms with van der Waals surface area (Å²) in [7, 11) is 0. The highest BCUT2D eigenvalue weighted by Crippen LogP contribution is 2.39. The molecule has 24 heavy (non-hydrogen) atoms. The van der Waals surface area contributed by atoms with E-state index in [-0.39, 0.29) is 22.6 Å². The largest absolute Gasteiger partial charge is 0.446 e. The Morgan fingerprint density at radius 2 is 1.92 bits per heavy atom. The van der Waals surface area contributed by atoms with E-state index in [4.69, 9.17) is 5.73 Å². The van der Waals surface area contributed by atoms with E-state index in [9.17, 15) is 13.2 Å². The lowest BCUT2D eigenvalue weighted by molar-refractivity contribution is -0.0328. The van der Waals surface area contributed by atoms with Crippen LogP contribution in [0.2, 0.25) is 0 Å². The fourth-order valence-electron chi connectivity index (χ4n) is 1.78. The number of anilines is 1. The first kappa shape index (κ1) is 19.0. The predicted molar refractivity (Wildman–Crippen MR) is 99.2 cm³/mol. The molecule has 0 aliphatic rings. The van der Waals surface area contributed by atoms with Crippen molar-refractivity contribution in [2.24, 2.45) is 10.7 Å². The normalized spacial score (nSPS) is 12.3. The van der Waals surface area contributed by atoms with Crippen LogP contribution in [0.5, 0.6) is 0 Å². The number of hydrogen-bond acceptors (Lipinski definition) is 3. The number of rotatable bonds is 4. The molecule has 2 aromatic rings. The Balaban J connectivity index is 2.20. The Hall–Kier alpha value is -1.32. The van der Waals surface area contributed by atoms with Crippen LogP contribution in [-0.2, 0) is 0 Å². The van der Waals surface area contributed by atoms with Crippen molar-refractivity contribution in [3.05, 3.63) is 46.9 Å². The molecule has 3 nitrogen and oxygen atoms in total. The van der Waals surface area contributed by atoms with E-state index < -0.39 is 5.51 Å². The average Bonchev–Trinajstić information content (AvgIpc) is 2.49. The van der Waals surface area contributed by atoms with E-state index in [1.54, 1.807) is 11.8 Å². The molecule has 0 saturated carbocycles. The molecule has 2 rings (SSSR count). The number of hydrogen-bond donors (Lipinski definition) is 2. The van der Waals surface area contributed by atoms with E-state index in [2.05, 4.69) is 26.2 Å². The van der Waals surface area contributed by atoms with Gasteiger partial charge < -0.3 is 11.1 Å². The Labute approximate surface area is 154 Å². The molecular formula is C15H13BrF3N3S2. The molecule has 0 fully saturated rings. The third kappa shape index (κ3) is 5.95. The van der Waals surface area contributed by atoms with Gasteiger partial charge in [0.1, 0.15) is 0 Å². The summed E-state index contributed by atoms with van der Waals surface area (Å²) in [6.07, 6.45) is 1.96. The SMILES string of the molecule is CSc1cccc(NC(N)=Nc2cc(SC(F)(F)F)ccc2Br)c1. The van der Waals surface area contributed by atoms with Crippen LogP contribution >= 0.6 is 39.5 Å². The number of aliphatic imine (C=N–C) groups is 1. The molecule has 0 heterocycles. The van der Waals surface area contributed by atoms with Gasteiger partial charge in [0.15, 0.2) is 5.96 Å². The molecule has 0 radical (unpaired) electrons. The number of nitrogens with two attached hydrogens (primary N) is 1. The standard InChI is InChI=1S/C15H13BrF3N3S2/c1-23-10-4-2-3-9(7-10)21-14(20)22-13-8-11(5-6-12(13)16)24-15(17,18)19/h2-8H,1H3,(H3,20,21,22). The van der Waals surface area contributed by atoms with Gasteiger partial charge in [0.05, 0.1) is 5.69 Å². The van der Waals surface area contributed by atoms with Gasteiger partial charge >= 0.3 is 5.51 Å². The third-order valence-corrected chi connectivity index (χ3v) is 4.85. The van der Waals surface area contributed by atoms with Gasteiger partial charge in [-0.05, 0) is 70.3 Å². The summed E-state index contributed by atoms with van der Waals surface area (Å²) in [6, 6.07) is 11.8. The van der Waals surface area contributed by atoms with Crippen LogP contribution in [0.25, 0.3) is 0 Å². The average molecular weight is 436 g/mol. The maximum absolute atomic E-state index is 12.5. The van der Waals surface area contributed by atoms with Gasteiger partial charge in [-0.1, -0.05) is 6.07 Å². The summed E-state index contributed by atoms with van der Waals surface area (Å²) in [5.74, 6) is 0.0862. The molecule has 2 aromatic carbocycles. The molecule has 3 N–H and O–H groups in total. The number of nitrogens with one attached hydrogen (secondary N) is 1. The lowest BCUT2D eigenvalue weighted by Crippen LogP contribution is -2.21. The minimum Gasteiger partial charge on any atom is -0.369 e. The van der Waals surface area contributed by atoms with Gasteiger partial charge in [-0.3, -0.25) is 0 Å². The van der Waals surface area contributed by atoms with E-state index in [1.807, 2.05) is 30.5 Å². The highest BCUT2D eigenvalue weighted by molar-refractivity contribution is 9.10. The number of nitrogens with zero attached hydrogens (tertiary/aromatic N) is 1. The monoisotopic (exact) mass is 435 g/mol. The summed E-state index contributed by atoms with van der Waals surface area (Å²) in [6.45, 7) is 0. The summed E-state index contributed by atoms with van der Waals surface area (Å²) in [5, 5.41) is 2.92. The summed E-state index contributed by atoms with van der Waals surface area (Å²) >= 11 is 4.65. The highest BCUT2D eigenvalue weighted by Gasteiger charge is 2.29. The molecular weight excluding hydrogens is 423 g/mol. The van der Waals surface area contributed by atoms with Crippen LogP contribution in [-0.4, -0.2) is 17.7 Å². The summed E-state index contributed by atoms with van der Waals surface area (Å²) in [4.78, 5) is 5.25. The van der Waals surface area contributed by atoms with Crippen LogP contribution in [0.4, 0.5) is 24.5 Å². The molecule has 0 atom stereocenters. The predicted octanol–water partition coefficient (Wildman–Crippen LogP) is 5.84. The van der Waals surface area contributed by atoms with Crippen molar-refractivity contribution in [3.8, 4) is 0 Å². The van der Waals surface area contributed by atoms with Crippen molar-refractivity contribution in [2.75, 3.05) is 11.6 Å². The number of benzene rings is 2. The molecule has 0 spiro atoms. The van der Waals surface area contributed by atoms with Gasteiger partial charge in [-0.15, -0.1) is 11.8 Å². The van der Waals surface area contributed by atoms with Gasteiger partial charge in [0.25, 0.3) is 0 Å². The second kappa shape index (κ2) is 8.17. The number of thioether (sulfide) groups is 2. The quantitative estimate of drug-likeness (QED) is 0.359. The van der Waals surface area contributed by atoms with Crippen LogP contribution in [0, 0.1) is 0 Å². The maximum atomic E-state index is 12.5. The van der Waals surface area contributed by atoms with E-state index in [0.29, 0.717) is 10.2 Å². The lowest BCUT2D eigenvalue weighted by Gasteiger charge is -2.09. The minimum absolute atomic E-state index is 0.0432. The maximum Gasteiger partial charge on any atom is 0.446 e. The Kier molecular flexibility index (Phi) is 6.47. The van der Waals surface area contributed by atoms with Gasteiger partial charge in [0, 0.05) is 20.0 Å². The molecule has 0 aliphatic carbocycles. The van der Waals surface area contributed by atoms with Crippen molar-refractivity contribution < 1.29 is 13.2 Å². The topological polar surface area (TPSA) is 50.4 Å². The molecule has 9 heteroatoms. The van der Waals surface area contributed by atoms with E-state index in [0.717, 1.165) is 10.6 Å². The minimum atomic E-state index is -4.35. The Morgan fingerprint density at radius 1 is 1.17 bits per heavy atom. The first-order valence-corrected chi connectivity index (χ1v) is 9.41. The number of halogens is 4. The lowest BCUT2D eigenvalue weighted by atomic mass is 10.3. The van der Waals surface area contributed by atoms with Crippen LogP contribution < -0.4 is 11.1 Å². The Morgan fingerprint density at radius 3 is 2.58 bits per heavy atom. The van der Waals surface area contributed by atoms with Crippen molar-refractivity contribution >= 4 is 56.8 Å². The van der Waals surface area contributed by atoms with Crippen molar-refractivity contribution in [1.29, 1.82) is 0 Å². The zero-order valence-electron chi connectivity index (χ0n) is 12.4. The number of alkyl halides is 3. The smallest absolute Gasteiger partial charge is 0.369 e. The third-order valence-electron chi connectivity index (χ3n) is 2.73. The zero-order chi connectivity index (χ0) is 17.7. The first-order chi connectivity index (χ1) is 11.3. The van der Waals surface area contributed by atoms with Crippen LogP contribution in [0.1, 0.15) is 0 Å². The van der Waals surface area contributed by atoms with Gasteiger partial charge in [0.2, 0.25) is 0 Å². The fourth-order valence-corrected chi connectivity index (χ4v) is 3.15.